The Kier molecular flexibility index (Phi) is 3.28. The minimum absolute atomic E-state index is 0.112. The number of aldehydes is 1. The number of methoxy groups -OCH3 is 1. The van der Waals surface area contributed by atoms with Gasteiger partial charge >= 0.3 is 0 Å². The Bertz CT molecular complexity index is 401. The van der Waals surface area contributed by atoms with Gasteiger partial charge in [0.15, 0.2) is 6.29 Å². The van der Waals surface area contributed by atoms with Gasteiger partial charge in [-0.25, -0.2) is 0 Å². The molecular formula is C10H11NO4. The zero-order chi connectivity index (χ0) is 11.4. The van der Waals surface area contributed by atoms with Crippen LogP contribution in [-0.4, -0.2) is 24.4 Å². The molecule has 0 bridgehead atoms. The maximum atomic E-state index is 10.8. The quantitative estimate of drug-likeness (QED) is 0.733. The van der Waals surface area contributed by atoms with Crippen LogP contribution in [0.25, 0.3) is 0 Å². The Labute approximate surface area is 86.7 Å². The molecule has 15 heavy (non-hydrogen) atoms. The van der Waals surface area contributed by atoms with Crippen LogP contribution in [0.1, 0.15) is 17.3 Å². The predicted molar refractivity (Wildman–Crippen MR) is 54.4 cm³/mol. The summed E-state index contributed by atoms with van der Waals surface area (Å²) in [6.45, 7) is 1.34. The molecule has 1 aromatic rings. The first kappa shape index (κ1) is 11.0. The number of hydrogen-bond donors (Lipinski definition) is 2. The van der Waals surface area contributed by atoms with Gasteiger partial charge in [0.1, 0.15) is 11.5 Å². The number of phenols is 1. The first-order chi connectivity index (χ1) is 7.08. The van der Waals surface area contributed by atoms with Crippen LogP contribution in [0.3, 0.4) is 0 Å². The van der Waals surface area contributed by atoms with Gasteiger partial charge in [0.25, 0.3) is 0 Å². The van der Waals surface area contributed by atoms with E-state index in [9.17, 15) is 14.7 Å². The fourth-order valence-corrected chi connectivity index (χ4v) is 1.13. The van der Waals surface area contributed by atoms with Crippen molar-refractivity contribution >= 4 is 17.9 Å². The van der Waals surface area contributed by atoms with Gasteiger partial charge in [-0.2, -0.15) is 0 Å². The number of anilines is 1. The number of amides is 1. The average Bonchev–Trinajstić information content (AvgIpc) is 2.17. The maximum absolute atomic E-state index is 10.8. The van der Waals surface area contributed by atoms with Crippen LogP contribution in [0, 0.1) is 0 Å². The molecule has 0 fully saturated rings. The van der Waals surface area contributed by atoms with E-state index in [1.54, 1.807) is 0 Å². The molecule has 0 heterocycles. The minimum atomic E-state index is -0.286. The monoisotopic (exact) mass is 209 g/mol. The number of benzene rings is 1. The first-order valence-corrected chi connectivity index (χ1v) is 4.22. The SMILES string of the molecule is COc1cc(C=O)c(O)cc1NC(C)=O. The Morgan fingerprint density at radius 3 is 2.67 bits per heavy atom. The summed E-state index contributed by atoms with van der Waals surface area (Å²) in [5, 5.41) is 11.9. The van der Waals surface area contributed by atoms with Gasteiger partial charge in [-0.15, -0.1) is 0 Å². The lowest BCUT2D eigenvalue weighted by Crippen LogP contribution is -2.07. The Morgan fingerprint density at radius 1 is 1.53 bits per heavy atom. The molecule has 2 N–H and O–H groups in total. The molecule has 5 nitrogen and oxygen atoms in total. The highest BCUT2D eigenvalue weighted by Crippen LogP contribution is 2.31. The van der Waals surface area contributed by atoms with Crippen molar-refractivity contribution in [1.29, 1.82) is 0 Å². The molecule has 1 amide bonds. The molecule has 0 saturated carbocycles. The standard InChI is InChI=1S/C10H11NO4/c1-6(13)11-8-4-9(14)7(5-12)3-10(8)15-2/h3-5,14H,1-2H3,(H,11,13). The number of nitrogens with one attached hydrogen (secondary N) is 1. The number of rotatable bonds is 3. The first-order valence-electron chi connectivity index (χ1n) is 4.22. The van der Waals surface area contributed by atoms with Crippen LogP contribution in [0.15, 0.2) is 12.1 Å². The molecule has 1 aromatic carbocycles. The van der Waals surface area contributed by atoms with Crippen LogP contribution < -0.4 is 10.1 Å². The van der Waals surface area contributed by atoms with Gasteiger partial charge in [-0.1, -0.05) is 0 Å². The van der Waals surface area contributed by atoms with Crippen molar-refractivity contribution in [3.05, 3.63) is 17.7 Å². The van der Waals surface area contributed by atoms with Crippen LogP contribution in [0.5, 0.6) is 11.5 Å². The number of ether oxygens (including phenoxy) is 1. The predicted octanol–water partition coefficient (Wildman–Crippen LogP) is 1.17. The highest BCUT2D eigenvalue weighted by Gasteiger charge is 2.10. The summed E-state index contributed by atoms with van der Waals surface area (Å²) in [6, 6.07) is 2.62. The zero-order valence-electron chi connectivity index (χ0n) is 8.40. The fourth-order valence-electron chi connectivity index (χ4n) is 1.13. The van der Waals surface area contributed by atoms with Crippen molar-refractivity contribution in [2.24, 2.45) is 0 Å². The van der Waals surface area contributed by atoms with Gasteiger partial charge < -0.3 is 15.2 Å². The highest BCUT2D eigenvalue weighted by molar-refractivity contribution is 5.92. The smallest absolute Gasteiger partial charge is 0.221 e. The fraction of sp³-hybridized carbons (Fsp3) is 0.200. The molecule has 0 aliphatic carbocycles. The number of aromatic hydroxyl groups is 1. The lowest BCUT2D eigenvalue weighted by molar-refractivity contribution is -0.114. The summed E-state index contributed by atoms with van der Waals surface area (Å²) < 4.78 is 4.96. The largest absolute Gasteiger partial charge is 0.507 e. The normalized spacial score (nSPS) is 9.47. The second-order valence-corrected chi connectivity index (χ2v) is 2.91. The molecule has 0 saturated heterocycles. The molecule has 0 aromatic heterocycles. The minimum Gasteiger partial charge on any atom is -0.507 e. The topological polar surface area (TPSA) is 75.6 Å². The molecule has 0 aliphatic rings. The van der Waals surface area contributed by atoms with Crippen molar-refractivity contribution in [2.75, 3.05) is 12.4 Å². The molecule has 80 valence electrons. The van der Waals surface area contributed by atoms with E-state index in [0.29, 0.717) is 17.7 Å². The summed E-state index contributed by atoms with van der Waals surface area (Å²) in [5.41, 5.74) is 0.439. The van der Waals surface area contributed by atoms with Crippen molar-refractivity contribution in [3.8, 4) is 11.5 Å². The van der Waals surface area contributed by atoms with Crippen LogP contribution in [0.2, 0.25) is 0 Å². The van der Waals surface area contributed by atoms with E-state index in [4.69, 9.17) is 4.74 Å². The number of phenolic OH excluding ortho intramolecular Hbond substituents is 1. The van der Waals surface area contributed by atoms with Gasteiger partial charge in [0, 0.05) is 13.0 Å². The van der Waals surface area contributed by atoms with Gasteiger partial charge in [0.2, 0.25) is 5.91 Å². The zero-order valence-corrected chi connectivity index (χ0v) is 8.40. The Hall–Kier alpha value is -2.04. The van der Waals surface area contributed by atoms with Crippen molar-refractivity contribution in [2.45, 2.75) is 6.92 Å². The Morgan fingerprint density at radius 2 is 2.20 bits per heavy atom. The van der Waals surface area contributed by atoms with Crippen molar-refractivity contribution in [3.63, 3.8) is 0 Å². The number of hydrogen-bond acceptors (Lipinski definition) is 4. The van der Waals surface area contributed by atoms with Crippen molar-refractivity contribution in [1.82, 2.24) is 0 Å². The summed E-state index contributed by atoms with van der Waals surface area (Å²) in [6.07, 6.45) is 0.509. The highest BCUT2D eigenvalue weighted by atomic mass is 16.5. The molecule has 1 rings (SSSR count). The third-order valence-electron chi connectivity index (χ3n) is 1.79. The summed E-state index contributed by atoms with van der Waals surface area (Å²) in [5.74, 6) is -0.161. The van der Waals surface area contributed by atoms with Crippen molar-refractivity contribution < 1.29 is 19.4 Å². The molecule has 0 radical (unpaired) electrons. The molecular weight excluding hydrogens is 198 g/mol. The van der Waals surface area contributed by atoms with Gasteiger partial charge in [0.05, 0.1) is 18.4 Å². The average molecular weight is 209 g/mol. The third-order valence-corrected chi connectivity index (χ3v) is 1.79. The van der Waals surface area contributed by atoms with Crippen LogP contribution in [-0.2, 0) is 4.79 Å². The maximum Gasteiger partial charge on any atom is 0.221 e. The van der Waals surface area contributed by atoms with Gasteiger partial charge in [-0.05, 0) is 6.07 Å². The third kappa shape index (κ3) is 2.46. The molecule has 0 spiro atoms. The van der Waals surface area contributed by atoms with Crippen LogP contribution in [0.4, 0.5) is 5.69 Å². The molecule has 0 atom stereocenters. The van der Waals surface area contributed by atoms with E-state index < -0.39 is 0 Å². The van der Waals surface area contributed by atoms with E-state index in [0.717, 1.165) is 0 Å². The molecule has 0 aliphatic heterocycles. The lowest BCUT2D eigenvalue weighted by atomic mass is 10.2. The van der Waals surface area contributed by atoms with E-state index in [-0.39, 0.29) is 17.2 Å². The second kappa shape index (κ2) is 4.45. The summed E-state index contributed by atoms with van der Waals surface area (Å²) in [7, 11) is 1.41. The number of carbonyl (C=O) groups excluding carboxylic acids is 2. The van der Waals surface area contributed by atoms with E-state index in [1.165, 1.54) is 26.2 Å². The molecule has 0 unspecified atom stereocenters. The second-order valence-electron chi connectivity index (χ2n) is 2.91. The summed E-state index contributed by atoms with van der Waals surface area (Å²) in [4.78, 5) is 21.4. The van der Waals surface area contributed by atoms with E-state index in [1.807, 2.05) is 0 Å². The lowest BCUT2D eigenvalue weighted by Gasteiger charge is -2.10. The van der Waals surface area contributed by atoms with Gasteiger partial charge in [-0.3, -0.25) is 9.59 Å². The van der Waals surface area contributed by atoms with E-state index in [2.05, 4.69) is 5.32 Å². The van der Waals surface area contributed by atoms with E-state index >= 15 is 0 Å². The summed E-state index contributed by atoms with van der Waals surface area (Å²) >= 11 is 0. The van der Waals surface area contributed by atoms with Crippen LogP contribution >= 0.6 is 0 Å². The Balaban J connectivity index is 3.20. The number of carbonyl (C=O) groups is 2. The molecule has 5 heteroatoms.